The first-order valence-electron chi connectivity index (χ1n) is 6.57. The van der Waals surface area contributed by atoms with Crippen molar-refractivity contribution < 1.29 is 19.1 Å². The summed E-state index contributed by atoms with van der Waals surface area (Å²) in [4.78, 5) is 34.6. The third kappa shape index (κ3) is 6.01. The molecule has 120 valence electrons. The maximum atomic E-state index is 11.8. The number of hydrogen-bond acceptors (Lipinski definition) is 5. The van der Waals surface area contributed by atoms with Crippen molar-refractivity contribution in [1.29, 1.82) is 0 Å². The number of halogens is 1. The molecule has 0 spiro atoms. The predicted octanol–water partition coefficient (Wildman–Crippen LogP) is 0.720. The van der Waals surface area contributed by atoms with Gasteiger partial charge in [0.1, 0.15) is 0 Å². The molecule has 1 aromatic carbocycles. The summed E-state index contributed by atoms with van der Waals surface area (Å²) in [5.74, 6) is -1.68. The quantitative estimate of drug-likeness (QED) is 0.526. The fraction of sp³-hybridized carbons (Fsp3) is 0.357. The summed E-state index contributed by atoms with van der Waals surface area (Å²) < 4.78 is 4.82. The molecule has 0 fully saturated rings. The van der Waals surface area contributed by atoms with E-state index in [1.807, 2.05) is 0 Å². The van der Waals surface area contributed by atoms with E-state index in [0.29, 0.717) is 5.02 Å². The molecule has 0 bridgehead atoms. The maximum Gasteiger partial charge on any atom is 0.340 e. The van der Waals surface area contributed by atoms with Crippen molar-refractivity contribution in [3.8, 4) is 0 Å². The number of nitrogens with one attached hydrogen (secondary N) is 2. The molecule has 1 rings (SSSR count). The van der Waals surface area contributed by atoms with Crippen molar-refractivity contribution >= 4 is 35.1 Å². The highest BCUT2D eigenvalue weighted by atomic mass is 35.5. The van der Waals surface area contributed by atoms with Gasteiger partial charge in [0.25, 0.3) is 5.91 Å². The standard InChI is InChI=1S/C14H18ClN3O4/c1-8(2)18-12(19)6-17-13(20)7-22-14(21)10-5-9(15)3-4-11(10)16/h3-5,8H,6-7,16H2,1-2H3,(H,17,20)(H,18,19). The van der Waals surface area contributed by atoms with Crippen LogP contribution in [0.15, 0.2) is 18.2 Å². The number of nitrogens with two attached hydrogens (primary N) is 1. The maximum absolute atomic E-state index is 11.8. The Morgan fingerprint density at radius 1 is 1.27 bits per heavy atom. The van der Waals surface area contributed by atoms with Gasteiger partial charge in [-0.15, -0.1) is 0 Å². The SMILES string of the molecule is CC(C)NC(=O)CNC(=O)COC(=O)c1cc(Cl)ccc1N. The zero-order valence-corrected chi connectivity index (χ0v) is 13.1. The van der Waals surface area contributed by atoms with E-state index < -0.39 is 18.5 Å². The van der Waals surface area contributed by atoms with Gasteiger partial charge in [0, 0.05) is 16.8 Å². The lowest BCUT2D eigenvalue weighted by Gasteiger charge is -2.10. The summed E-state index contributed by atoms with van der Waals surface area (Å²) in [6.45, 7) is 2.90. The average molecular weight is 328 g/mol. The molecule has 0 aliphatic heterocycles. The van der Waals surface area contributed by atoms with Gasteiger partial charge in [-0.3, -0.25) is 9.59 Å². The highest BCUT2D eigenvalue weighted by Crippen LogP contribution is 2.18. The monoisotopic (exact) mass is 327 g/mol. The largest absolute Gasteiger partial charge is 0.452 e. The Labute approximate surface area is 133 Å². The van der Waals surface area contributed by atoms with E-state index in [4.69, 9.17) is 22.1 Å². The first-order valence-corrected chi connectivity index (χ1v) is 6.95. The second-order valence-corrected chi connectivity index (χ2v) is 5.24. The Morgan fingerprint density at radius 3 is 2.59 bits per heavy atom. The number of amides is 2. The summed E-state index contributed by atoms with van der Waals surface area (Å²) in [7, 11) is 0. The number of esters is 1. The van der Waals surface area contributed by atoms with Gasteiger partial charge in [0.2, 0.25) is 5.91 Å². The molecule has 0 aliphatic rings. The topological polar surface area (TPSA) is 111 Å². The lowest BCUT2D eigenvalue weighted by molar-refractivity contribution is -0.128. The summed E-state index contributed by atoms with van der Waals surface area (Å²) >= 11 is 5.76. The highest BCUT2D eigenvalue weighted by Gasteiger charge is 2.14. The van der Waals surface area contributed by atoms with Crippen LogP contribution in [0.1, 0.15) is 24.2 Å². The minimum absolute atomic E-state index is 0.0203. The molecule has 8 heteroatoms. The molecule has 0 unspecified atom stereocenters. The number of ether oxygens (including phenoxy) is 1. The lowest BCUT2D eigenvalue weighted by Crippen LogP contribution is -2.41. The summed E-state index contributed by atoms with van der Waals surface area (Å²) in [6, 6.07) is 4.34. The van der Waals surface area contributed by atoms with Gasteiger partial charge >= 0.3 is 5.97 Å². The van der Waals surface area contributed by atoms with Gasteiger partial charge in [-0.1, -0.05) is 11.6 Å². The van der Waals surface area contributed by atoms with Gasteiger partial charge in [-0.2, -0.15) is 0 Å². The van der Waals surface area contributed by atoms with Gasteiger partial charge in [0.05, 0.1) is 12.1 Å². The van der Waals surface area contributed by atoms with Crippen molar-refractivity contribution in [2.24, 2.45) is 0 Å². The van der Waals surface area contributed by atoms with E-state index in [1.54, 1.807) is 13.8 Å². The van der Waals surface area contributed by atoms with E-state index in [-0.39, 0.29) is 29.7 Å². The number of anilines is 1. The fourth-order valence-corrected chi connectivity index (χ4v) is 1.69. The van der Waals surface area contributed by atoms with Crippen molar-refractivity contribution in [3.63, 3.8) is 0 Å². The van der Waals surface area contributed by atoms with E-state index >= 15 is 0 Å². The van der Waals surface area contributed by atoms with Gasteiger partial charge in [0.15, 0.2) is 6.61 Å². The van der Waals surface area contributed by atoms with Gasteiger partial charge in [-0.25, -0.2) is 4.79 Å². The van der Waals surface area contributed by atoms with Gasteiger partial charge in [-0.05, 0) is 32.0 Å². The summed E-state index contributed by atoms with van der Waals surface area (Å²) in [5, 5.41) is 5.27. The highest BCUT2D eigenvalue weighted by molar-refractivity contribution is 6.31. The Bertz CT molecular complexity index is 575. The molecule has 1 aromatic rings. The number of nitrogen functional groups attached to an aromatic ring is 1. The predicted molar refractivity (Wildman–Crippen MR) is 82.4 cm³/mol. The molecule has 0 saturated heterocycles. The van der Waals surface area contributed by atoms with Crippen LogP contribution in [0.3, 0.4) is 0 Å². The Hall–Kier alpha value is -2.28. The smallest absolute Gasteiger partial charge is 0.340 e. The van der Waals surface area contributed by atoms with Gasteiger partial charge < -0.3 is 21.1 Å². The molecule has 0 atom stereocenters. The minimum atomic E-state index is -0.762. The minimum Gasteiger partial charge on any atom is -0.452 e. The Kier molecular flexibility index (Phi) is 6.65. The van der Waals surface area contributed by atoms with Crippen molar-refractivity contribution in [1.82, 2.24) is 10.6 Å². The van der Waals surface area contributed by atoms with Crippen LogP contribution in [0.4, 0.5) is 5.69 Å². The van der Waals surface area contributed by atoms with Crippen molar-refractivity contribution in [2.45, 2.75) is 19.9 Å². The van der Waals surface area contributed by atoms with Crippen LogP contribution in [0.25, 0.3) is 0 Å². The van der Waals surface area contributed by atoms with Crippen LogP contribution in [-0.4, -0.2) is 37.0 Å². The first kappa shape index (κ1) is 17.8. The molecule has 0 aromatic heterocycles. The molecule has 7 nitrogen and oxygen atoms in total. The van der Waals surface area contributed by atoms with Crippen molar-refractivity contribution in [3.05, 3.63) is 28.8 Å². The van der Waals surface area contributed by atoms with Crippen LogP contribution in [0.5, 0.6) is 0 Å². The summed E-state index contributed by atoms with van der Waals surface area (Å²) in [6.07, 6.45) is 0. The third-order valence-electron chi connectivity index (χ3n) is 2.47. The zero-order valence-electron chi connectivity index (χ0n) is 12.3. The van der Waals surface area contributed by atoms with E-state index in [1.165, 1.54) is 18.2 Å². The van der Waals surface area contributed by atoms with Crippen LogP contribution >= 0.6 is 11.6 Å². The van der Waals surface area contributed by atoms with E-state index in [2.05, 4.69) is 10.6 Å². The molecule has 0 heterocycles. The molecule has 0 radical (unpaired) electrons. The number of carbonyl (C=O) groups excluding carboxylic acids is 3. The van der Waals surface area contributed by atoms with Crippen molar-refractivity contribution in [2.75, 3.05) is 18.9 Å². The Morgan fingerprint density at radius 2 is 1.95 bits per heavy atom. The number of carbonyl (C=O) groups is 3. The second kappa shape index (κ2) is 8.23. The lowest BCUT2D eigenvalue weighted by atomic mass is 10.2. The van der Waals surface area contributed by atoms with Crippen LogP contribution in [-0.2, 0) is 14.3 Å². The number of rotatable bonds is 6. The summed E-state index contributed by atoms with van der Waals surface area (Å²) in [5.41, 5.74) is 5.91. The number of hydrogen-bond donors (Lipinski definition) is 3. The molecule has 0 aliphatic carbocycles. The van der Waals surface area contributed by atoms with Crippen LogP contribution in [0.2, 0.25) is 5.02 Å². The molecule has 0 saturated carbocycles. The van der Waals surface area contributed by atoms with E-state index in [0.717, 1.165) is 0 Å². The second-order valence-electron chi connectivity index (χ2n) is 4.81. The molecule has 22 heavy (non-hydrogen) atoms. The number of benzene rings is 1. The van der Waals surface area contributed by atoms with E-state index in [9.17, 15) is 14.4 Å². The Balaban J connectivity index is 2.42. The van der Waals surface area contributed by atoms with Crippen LogP contribution < -0.4 is 16.4 Å². The third-order valence-corrected chi connectivity index (χ3v) is 2.70. The van der Waals surface area contributed by atoms with Crippen LogP contribution in [0, 0.1) is 0 Å². The first-order chi connectivity index (χ1) is 10.3. The molecule has 4 N–H and O–H groups in total. The molecular weight excluding hydrogens is 310 g/mol. The normalized spacial score (nSPS) is 10.2. The molecule has 2 amide bonds. The fourth-order valence-electron chi connectivity index (χ4n) is 1.52. The zero-order chi connectivity index (χ0) is 16.7. The molecular formula is C14H18ClN3O4. The average Bonchev–Trinajstić information content (AvgIpc) is 2.44.